The van der Waals surface area contributed by atoms with Gasteiger partial charge in [0.2, 0.25) is 0 Å². The Morgan fingerprint density at radius 2 is 1.56 bits per heavy atom. The van der Waals surface area contributed by atoms with Gasteiger partial charge in [0.1, 0.15) is 11.6 Å². The molecule has 0 aliphatic heterocycles. The summed E-state index contributed by atoms with van der Waals surface area (Å²) >= 11 is 0. The molecule has 0 heterocycles. The molecule has 0 atom stereocenters. The molecule has 0 aliphatic rings. The summed E-state index contributed by atoms with van der Waals surface area (Å²) in [5.41, 5.74) is 0.400. The van der Waals surface area contributed by atoms with Crippen LogP contribution in [0.2, 0.25) is 0 Å². The maximum atomic E-state index is 13.6. The number of rotatable bonds is 2. The highest BCUT2D eigenvalue weighted by molar-refractivity contribution is 5.89. The van der Waals surface area contributed by atoms with Gasteiger partial charge < -0.3 is 0 Å². The average molecular weight is 241 g/mol. The van der Waals surface area contributed by atoms with Crippen molar-refractivity contribution in [1.29, 1.82) is 5.26 Å². The van der Waals surface area contributed by atoms with Crippen molar-refractivity contribution in [2.45, 2.75) is 0 Å². The van der Waals surface area contributed by atoms with Crippen LogP contribution in [0.4, 0.5) is 8.78 Å². The van der Waals surface area contributed by atoms with Crippen LogP contribution in [-0.2, 0) is 0 Å². The fraction of sp³-hybridized carbons (Fsp3) is 0. The van der Waals surface area contributed by atoms with Crippen molar-refractivity contribution in [1.82, 2.24) is 0 Å². The van der Waals surface area contributed by atoms with Crippen LogP contribution in [0.5, 0.6) is 0 Å². The van der Waals surface area contributed by atoms with Crippen LogP contribution in [0.1, 0.15) is 11.1 Å². The minimum Gasteiger partial charge on any atom is -0.206 e. The third-order valence-electron chi connectivity index (χ3n) is 2.46. The van der Waals surface area contributed by atoms with Gasteiger partial charge in [-0.3, -0.25) is 0 Å². The molecule has 0 unspecified atom stereocenters. The highest BCUT2D eigenvalue weighted by Gasteiger charge is 2.13. The van der Waals surface area contributed by atoms with Gasteiger partial charge in [-0.25, -0.2) is 8.78 Å². The van der Waals surface area contributed by atoms with Gasteiger partial charge in [-0.1, -0.05) is 36.4 Å². The smallest absolute Gasteiger partial charge is 0.134 e. The number of hydrogen-bond acceptors (Lipinski definition) is 1. The maximum absolute atomic E-state index is 13.6. The molecule has 0 fully saturated rings. The zero-order valence-corrected chi connectivity index (χ0v) is 9.40. The zero-order chi connectivity index (χ0) is 13.0. The number of allylic oxidation sites excluding steroid dienone is 1. The summed E-state index contributed by atoms with van der Waals surface area (Å²) in [5, 5.41) is 9.04. The third-order valence-corrected chi connectivity index (χ3v) is 2.46. The fourth-order valence-corrected chi connectivity index (χ4v) is 1.63. The standard InChI is InChI=1S/C15H9F2N/c16-13-7-4-8-14(17)15(13)12(10-18)9-11-5-2-1-3-6-11/h1-9H/b12-9+. The minimum atomic E-state index is -0.737. The average Bonchev–Trinajstić information content (AvgIpc) is 2.38. The highest BCUT2D eigenvalue weighted by atomic mass is 19.1. The van der Waals surface area contributed by atoms with Gasteiger partial charge in [0, 0.05) is 0 Å². The summed E-state index contributed by atoms with van der Waals surface area (Å²) in [4.78, 5) is 0. The molecule has 2 rings (SSSR count). The molecule has 3 heteroatoms. The first-order valence-electron chi connectivity index (χ1n) is 5.33. The van der Waals surface area contributed by atoms with E-state index in [1.165, 1.54) is 12.1 Å². The van der Waals surface area contributed by atoms with Crippen molar-refractivity contribution in [3.05, 3.63) is 71.3 Å². The highest BCUT2D eigenvalue weighted by Crippen LogP contribution is 2.23. The molecular weight excluding hydrogens is 232 g/mol. The van der Waals surface area contributed by atoms with E-state index in [1.807, 2.05) is 12.1 Å². The molecule has 0 saturated heterocycles. The van der Waals surface area contributed by atoms with Crippen molar-refractivity contribution in [3.8, 4) is 6.07 Å². The van der Waals surface area contributed by atoms with Gasteiger partial charge in [0.05, 0.1) is 17.2 Å². The lowest BCUT2D eigenvalue weighted by Gasteiger charge is -2.03. The zero-order valence-electron chi connectivity index (χ0n) is 9.40. The molecule has 0 bridgehead atoms. The summed E-state index contributed by atoms with van der Waals surface area (Å²) < 4.78 is 27.1. The first-order chi connectivity index (χ1) is 8.72. The number of hydrogen-bond donors (Lipinski definition) is 0. The number of halogens is 2. The number of nitrogens with zero attached hydrogens (tertiary/aromatic N) is 1. The molecule has 2 aromatic carbocycles. The van der Waals surface area contributed by atoms with Crippen LogP contribution >= 0.6 is 0 Å². The van der Waals surface area contributed by atoms with Crippen molar-refractivity contribution < 1.29 is 8.78 Å². The Balaban J connectivity index is 2.54. The van der Waals surface area contributed by atoms with Crippen LogP contribution in [0.15, 0.2) is 48.5 Å². The molecule has 0 N–H and O–H groups in total. The summed E-state index contributed by atoms with van der Waals surface area (Å²) in [5.74, 6) is -1.47. The quantitative estimate of drug-likeness (QED) is 0.575. The fourth-order valence-electron chi connectivity index (χ4n) is 1.63. The first kappa shape index (κ1) is 12.0. The molecular formula is C15H9F2N. The summed E-state index contributed by atoms with van der Waals surface area (Å²) in [6, 6.07) is 14.3. The van der Waals surface area contributed by atoms with Gasteiger partial charge in [-0.2, -0.15) is 5.26 Å². The summed E-state index contributed by atoms with van der Waals surface area (Å²) in [6.07, 6.45) is 1.46. The number of benzene rings is 2. The molecule has 0 spiro atoms. The van der Waals surface area contributed by atoms with Crippen molar-refractivity contribution >= 4 is 11.6 Å². The lowest BCUT2D eigenvalue weighted by Crippen LogP contribution is -1.93. The molecule has 1 nitrogen and oxygen atoms in total. The van der Waals surface area contributed by atoms with Crippen molar-refractivity contribution in [3.63, 3.8) is 0 Å². The van der Waals surface area contributed by atoms with Gasteiger partial charge in [0.15, 0.2) is 0 Å². The van der Waals surface area contributed by atoms with E-state index in [-0.39, 0.29) is 11.1 Å². The Morgan fingerprint density at radius 3 is 2.11 bits per heavy atom. The van der Waals surface area contributed by atoms with Crippen molar-refractivity contribution in [2.24, 2.45) is 0 Å². The minimum absolute atomic E-state index is 0.0307. The van der Waals surface area contributed by atoms with E-state index in [0.29, 0.717) is 0 Å². The van der Waals surface area contributed by atoms with E-state index < -0.39 is 11.6 Å². The molecule has 88 valence electrons. The number of nitriles is 1. The van der Waals surface area contributed by atoms with Gasteiger partial charge in [-0.15, -0.1) is 0 Å². The molecule has 0 amide bonds. The molecule has 0 aliphatic carbocycles. The van der Waals surface area contributed by atoms with E-state index in [0.717, 1.165) is 17.7 Å². The molecule has 2 aromatic rings. The van der Waals surface area contributed by atoms with E-state index in [2.05, 4.69) is 0 Å². The maximum Gasteiger partial charge on any atom is 0.134 e. The predicted octanol–water partition coefficient (Wildman–Crippen LogP) is 4.03. The molecule has 0 aromatic heterocycles. The monoisotopic (exact) mass is 241 g/mol. The Bertz CT molecular complexity index is 604. The van der Waals surface area contributed by atoms with E-state index in [1.54, 1.807) is 24.3 Å². The van der Waals surface area contributed by atoms with Gasteiger partial charge in [-0.05, 0) is 23.8 Å². The van der Waals surface area contributed by atoms with E-state index in [4.69, 9.17) is 5.26 Å². The van der Waals surface area contributed by atoms with Crippen LogP contribution in [-0.4, -0.2) is 0 Å². The third kappa shape index (κ3) is 2.44. The SMILES string of the molecule is N#C/C(=C\c1ccccc1)c1c(F)cccc1F. The molecule has 0 saturated carbocycles. The van der Waals surface area contributed by atoms with Crippen LogP contribution in [0, 0.1) is 23.0 Å². The lowest BCUT2D eigenvalue weighted by molar-refractivity contribution is 0.578. The van der Waals surface area contributed by atoms with Gasteiger partial charge >= 0.3 is 0 Å². The Labute approximate surface area is 104 Å². The summed E-state index contributed by atoms with van der Waals surface area (Å²) in [7, 11) is 0. The second kappa shape index (κ2) is 5.24. The van der Waals surface area contributed by atoms with Crippen LogP contribution in [0.25, 0.3) is 11.6 Å². The Kier molecular flexibility index (Phi) is 3.49. The molecule has 18 heavy (non-hydrogen) atoms. The normalized spacial score (nSPS) is 11.1. The second-order valence-electron chi connectivity index (χ2n) is 3.68. The Hall–Kier alpha value is -2.47. The summed E-state index contributed by atoms with van der Waals surface area (Å²) in [6.45, 7) is 0. The van der Waals surface area contributed by atoms with E-state index >= 15 is 0 Å². The topological polar surface area (TPSA) is 23.8 Å². The van der Waals surface area contributed by atoms with Gasteiger partial charge in [0.25, 0.3) is 0 Å². The second-order valence-corrected chi connectivity index (χ2v) is 3.68. The van der Waals surface area contributed by atoms with E-state index in [9.17, 15) is 8.78 Å². The van der Waals surface area contributed by atoms with Crippen LogP contribution in [0.3, 0.4) is 0 Å². The lowest BCUT2D eigenvalue weighted by atomic mass is 10.0. The largest absolute Gasteiger partial charge is 0.206 e. The van der Waals surface area contributed by atoms with Crippen molar-refractivity contribution in [2.75, 3.05) is 0 Å². The Morgan fingerprint density at radius 1 is 0.944 bits per heavy atom. The molecule has 0 radical (unpaired) electrons. The first-order valence-corrected chi connectivity index (χ1v) is 5.33. The predicted molar refractivity (Wildman–Crippen MR) is 66.3 cm³/mol. The van der Waals surface area contributed by atoms with Crippen LogP contribution < -0.4 is 0 Å².